The number of benzene rings is 1. The molecule has 5 heteroatoms. The third-order valence-corrected chi connectivity index (χ3v) is 5.13. The molecule has 1 saturated heterocycles. The average molecular weight is 367 g/mol. The van der Waals surface area contributed by atoms with Crippen LogP contribution in [0.25, 0.3) is 0 Å². The Morgan fingerprint density at radius 2 is 2.04 bits per heavy atom. The molecule has 0 bridgehead atoms. The van der Waals surface area contributed by atoms with Crippen LogP contribution < -0.4 is 5.32 Å². The van der Waals surface area contributed by atoms with Crippen molar-refractivity contribution < 1.29 is 4.79 Å². The van der Waals surface area contributed by atoms with Crippen molar-refractivity contribution in [2.75, 3.05) is 27.2 Å². The molecule has 0 aliphatic carbocycles. The molecule has 1 aromatic heterocycles. The van der Waals surface area contributed by atoms with Gasteiger partial charge >= 0.3 is 6.03 Å². The van der Waals surface area contributed by atoms with Gasteiger partial charge in [0.1, 0.15) is 0 Å². The van der Waals surface area contributed by atoms with Gasteiger partial charge in [0.25, 0.3) is 0 Å². The van der Waals surface area contributed by atoms with Gasteiger partial charge in [-0.15, -0.1) is 0 Å². The van der Waals surface area contributed by atoms with Gasteiger partial charge in [-0.25, -0.2) is 4.79 Å². The minimum absolute atomic E-state index is 0.0310. The number of hydrogen-bond acceptors (Lipinski definition) is 3. The number of aromatic nitrogens is 1. The fourth-order valence-corrected chi connectivity index (χ4v) is 3.74. The number of carbonyl (C=O) groups is 1. The van der Waals surface area contributed by atoms with E-state index in [2.05, 4.69) is 66.6 Å². The lowest BCUT2D eigenvalue weighted by Gasteiger charge is -2.25. The van der Waals surface area contributed by atoms with E-state index in [1.54, 1.807) is 6.20 Å². The second-order valence-electron chi connectivity index (χ2n) is 7.58. The van der Waals surface area contributed by atoms with E-state index >= 15 is 0 Å². The molecule has 0 spiro atoms. The molecule has 2 aromatic rings. The summed E-state index contributed by atoms with van der Waals surface area (Å²) in [6, 6.07) is 12.9. The highest BCUT2D eigenvalue weighted by molar-refractivity contribution is 5.75. The molecular weight excluding hydrogens is 336 g/mol. The number of nitrogens with zero attached hydrogens (tertiary/aromatic N) is 3. The van der Waals surface area contributed by atoms with Gasteiger partial charge in [0, 0.05) is 37.9 Å². The first kappa shape index (κ1) is 19.4. The molecule has 2 heterocycles. The normalized spacial score (nSPS) is 16.7. The summed E-state index contributed by atoms with van der Waals surface area (Å²) in [5.41, 5.74) is 4.74. The first-order chi connectivity index (χ1) is 13.0. The number of carbonyl (C=O) groups excluding carboxylic acids is 1. The minimum Gasteiger partial charge on any atom is -0.338 e. The molecule has 0 saturated carbocycles. The molecule has 1 N–H and O–H groups in total. The van der Waals surface area contributed by atoms with E-state index < -0.39 is 0 Å². The first-order valence-corrected chi connectivity index (χ1v) is 9.73. The monoisotopic (exact) mass is 366 g/mol. The zero-order valence-electron chi connectivity index (χ0n) is 16.6. The van der Waals surface area contributed by atoms with Crippen LogP contribution in [0.1, 0.15) is 41.3 Å². The highest BCUT2D eigenvalue weighted by Gasteiger charge is 2.29. The zero-order valence-corrected chi connectivity index (χ0v) is 16.6. The molecule has 1 aromatic carbocycles. The Morgan fingerprint density at radius 3 is 2.74 bits per heavy atom. The van der Waals surface area contributed by atoms with E-state index in [9.17, 15) is 4.79 Å². The second-order valence-corrected chi connectivity index (χ2v) is 7.58. The summed E-state index contributed by atoms with van der Waals surface area (Å²) in [6.07, 6.45) is 4.65. The molecule has 1 atom stereocenters. The molecule has 27 heavy (non-hydrogen) atoms. The first-order valence-electron chi connectivity index (χ1n) is 9.73. The highest BCUT2D eigenvalue weighted by atomic mass is 16.2. The molecule has 3 rings (SSSR count). The zero-order chi connectivity index (χ0) is 19.2. The molecule has 5 nitrogen and oxygen atoms in total. The number of aryl methyl sites for hydroxylation is 1. The summed E-state index contributed by atoms with van der Waals surface area (Å²) in [5, 5.41) is 3.08. The predicted octanol–water partition coefficient (Wildman–Crippen LogP) is 3.54. The SMILES string of the molecule is Cc1cccnc1CCNC(=O)N1CCCC1c1ccc(CN(C)C)cc1. The van der Waals surface area contributed by atoms with Gasteiger partial charge in [0.05, 0.1) is 6.04 Å². The van der Waals surface area contributed by atoms with Crippen molar-refractivity contribution in [1.29, 1.82) is 0 Å². The fraction of sp³-hybridized carbons (Fsp3) is 0.455. The summed E-state index contributed by atoms with van der Waals surface area (Å²) >= 11 is 0. The minimum atomic E-state index is 0.0310. The Balaban J connectivity index is 1.57. The summed E-state index contributed by atoms with van der Waals surface area (Å²) in [4.78, 5) is 21.2. The quantitative estimate of drug-likeness (QED) is 0.851. The summed E-state index contributed by atoms with van der Waals surface area (Å²) in [6.45, 7) is 4.42. The number of hydrogen-bond donors (Lipinski definition) is 1. The van der Waals surface area contributed by atoms with Crippen LogP contribution in [0.4, 0.5) is 4.79 Å². The Labute approximate surface area is 162 Å². The number of nitrogens with one attached hydrogen (secondary N) is 1. The van der Waals surface area contributed by atoms with Gasteiger partial charge in [-0.3, -0.25) is 4.98 Å². The number of likely N-dealkylation sites (tertiary alicyclic amines) is 1. The van der Waals surface area contributed by atoms with Crippen LogP contribution in [-0.4, -0.2) is 48.0 Å². The van der Waals surface area contributed by atoms with Crippen LogP contribution >= 0.6 is 0 Å². The lowest BCUT2D eigenvalue weighted by molar-refractivity contribution is 0.193. The lowest BCUT2D eigenvalue weighted by Crippen LogP contribution is -2.40. The van der Waals surface area contributed by atoms with Crippen molar-refractivity contribution in [2.24, 2.45) is 0 Å². The number of amides is 2. The molecule has 1 aliphatic heterocycles. The van der Waals surface area contributed by atoms with E-state index in [1.165, 1.54) is 16.7 Å². The number of pyridine rings is 1. The van der Waals surface area contributed by atoms with Crippen molar-refractivity contribution in [3.63, 3.8) is 0 Å². The van der Waals surface area contributed by atoms with E-state index in [0.29, 0.717) is 6.54 Å². The molecule has 1 fully saturated rings. The molecule has 0 radical (unpaired) electrons. The van der Waals surface area contributed by atoms with E-state index in [1.807, 2.05) is 11.0 Å². The summed E-state index contributed by atoms with van der Waals surface area (Å²) in [7, 11) is 4.15. The Kier molecular flexibility index (Phi) is 6.45. The Morgan fingerprint density at radius 1 is 1.26 bits per heavy atom. The van der Waals surface area contributed by atoms with Gasteiger partial charge in [-0.2, -0.15) is 0 Å². The van der Waals surface area contributed by atoms with Crippen molar-refractivity contribution >= 4 is 6.03 Å². The van der Waals surface area contributed by atoms with Crippen LogP contribution in [0.15, 0.2) is 42.6 Å². The van der Waals surface area contributed by atoms with E-state index in [0.717, 1.165) is 38.0 Å². The molecule has 2 amide bonds. The number of urea groups is 1. The van der Waals surface area contributed by atoms with Crippen molar-refractivity contribution in [3.05, 3.63) is 65.0 Å². The topological polar surface area (TPSA) is 48.5 Å². The standard InChI is InChI=1S/C22H30N4O/c1-17-6-4-13-23-20(17)12-14-24-22(27)26-15-5-7-21(26)19-10-8-18(9-11-19)16-25(2)3/h4,6,8-11,13,21H,5,7,12,14-16H2,1-3H3,(H,24,27). The van der Waals surface area contributed by atoms with Gasteiger partial charge < -0.3 is 15.1 Å². The third-order valence-electron chi connectivity index (χ3n) is 5.13. The van der Waals surface area contributed by atoms with Crippen molar-refractivity contribution in [1.82, 2.24) is 20.1 Å². The van der Waals surface area contributed by atoms with Crippen LogP contribution in [0.3, 0.4) is 0 Å². The maximum absolute atomic E-state index is 12.7. The highest BCUT2D eigenvalue weighted by Crippen LogP contribution is 2.32. The summed E-state index contributed by atoms with van der Waals surface area (Å²) < 4.78 is 0. The van der Waals surface area contributed by atoms with Crippen LogP contribution in [-0.2, 0) is 13.0 Å². The average Bonchev–Trinajstić information content (AvgIpc) is 3.13. The third kappa shape index (κ3) is 5.07. The van der Waals surface area contributed by atoms with Gasteiger partial charge in [0.15, 0.2) is 0 Å². The van der Waals surface area contributed by atoms with E-state index in [4.69, 9.17) is 0 Å². The van der Waals surface area contributed by atoms with Gasteiger partial charge in [0.2, 0.25) is 0 Å². The molecule has 1 aliphatic rings. The van der Waals surface area contributed by atoms with Crippen LogP contribution in [0.2, 0.25) is 0 Å². The van der Waals surface area contributed by atoms with E-state index in [-0.39, 0.29) is 12.1 Å². The van der Waals surface area contributed by atoms with Crippen molar-refractivity contribution in [3.8, 4) is 0 Å². The van der Waals surface area contributed by atoms with Crippen molar-refractivity contribution in [2.45, 2.75) is 38.8 Å². The lowest BCUT2D eigenvalue weighted by atomic mass is 10.0. The Bertz CT molecular complexity index is 757. The molecular formula is C22H30N4O. The maximum Gasteiger partial charge on any atom is 0.317 e. The molecule has 144 valence electrons. The molecule has 1 unspecified atom stereocenters. The van der Waals surface area contributed by atoms with Crippen LogP contribution in [0, 0.1) is 6.92 Å². The summed E-state index contributed by atoms with van der Waals surface area (Å²) in [5.74, 6) is 0. The fourth-order valence-electron chi connectivity index (χ4n) is 3.74. The smallest absolute Gasteiger partial charge is 0.317 e. The largest absolute Gasteiger partial charge is 0.338 e. The van der Waals surface area contributed by atoms with Gasteiger partial charge in [-0.05, 0) is 56.6 Å². The van der Waals surface area contributed by atoms with Gasteiger partial charge in [-0.1, -0.05) is 30.3 Å². The van der Waals surface area contributed by atoms with Crippen LogP contribution in [0.5, 0.6) is 0 Å². The Hall–Kier alpha value is -2.40. The maximum atomic E-state index is 12.7. The number of rotatable bonds is 6. The second kappa shape index (κ2) is 9.00. The predicted molar refractivity (Wildman–Crippen MR) is 109 cm³/mol.